The average molecular weight is 426 g/mol. The van der Waals surface area contributed by atoms with Crippen LogP contribution in [0.4, 0.5) is 0 Å². The van der Waals surface area contributed by atoms with Crippen LogP contribution in [0.1, 0.15) is 44.7 Å². The fourth-order valence-electron chi connectivity index (χ4n) is 3.97. The van der Waals surface area contributed by atoms with Gasteiger partial charge in [-0.1, -0.05) is 0 Å². The number of nitrogens with zero attached hydrogens (tertiary/aromatic N) is 2. The van der Waals surface area contributed by atoms with Crippen molar-refractivity contribution in [2.45, 2.75) is 44.8 Å². The lowest BCUT2D eigenvalue weighted by atomic mass is 9.88. The predicted octanol–water partition coefficient (Wildman–Crippen LogP) is 1.93. The molecule has 0 radical (unpaired) electrons. The maximum atomic E-state index is 13.0. The second-order valence-corrected chi connectivity index (χ2v) is 10.7. The summed E-state index contributed by atoms with van der Waals surface area (Å²) < 4.78 is 38.8. The van der Waals surface area contributed by atoms with Crippen LogP contribution in [0.5, 0.6) is 11.5 Å². The van der Waals surface area contributed by atoms with Crippen LogP contribution in [0.25, 0.3) is 0 Å². The number of carbonyl (C=O) groups is 1. The molecule has 0 unspecified atom stereocenters. The van der Waals surface area contributed by atoms with Gasteiger partial charge < -0.3 is 14.8 Å². The molecule has 0 aliphatic carbocycles. The second kappa shape index (κ2) is 8.12. The van der Waals surface area contributed by atoms with Crippen LogP contribution in [-0.4, -0.2) is 62.8 Å². The Labute approximate surface area is 173 Å². The monoisotopic (exact) mass is 425 g/mol. The van der Waals surface area contributed by atoms with E-state index in [9.17, 15) is 13.2 Å². The fourth-order valence-corrected chi connectivity index (χ4v) is 5.16. The molecule has 3 rings (SSSR count). The minimum Gasteiger partial charge on any atom is -0.497 e. The van der Waals surface area contributed by atoms with Gasteiger partial charge in [0.1, 0.15) is 17.1 Å². The Kier molecular flexibility index (Phi) is 6.12. The van der Waals surface area contributed by atoms with Crippen LogP contribution in [-0.2, 0) is 15.0 Å². The van der Waals surface area contributed by atoms with Crippen LogP contribution >= 0.6 is 0 Å². The van der Waals surface area contributed by atoms with E-state index in [-0.39, 0.29) is 24.4 Å². The normalized spacial score (nSPS) is 24.5. The molecule has 9 heteroatoms. The van der Waals surface area contributed by atoms with E-state index in [1.165, 1.54) is 22.7 Å². The Balaban J connectivity index is 1.77. The van der Waals surface area contributed by atoms with E-state index in [4.69, 9.17) is 9.47 Å². The summed E-state index contributed by atoms with van der Waals surface area (Å²) in [6.07, 6.45) is 1.97. The Hall–Kier alpha value is -1.84. The van der Waals surface area contributed by atoms with Gasteiger partial charge in [-0.25, -0.2) is 0 Å². The molecule has 29 heavy (non-hydrogen) atoms. The molecule has 162 valence electrons. The molecule has 2 aliphatic heterocycles. The van der Waals surface area contributed by atoms with E-state index in [1.807, 2.05) is 32.0 Å². The van der Waals surface area contributed by atoms with Gasteiger partial charge in [0, 0.05) is 45.2 Å². The van der Waals surface area contributed by atoms with E-state index in [2.05, 4.69) is 5.32 Å². The summed E-state index contributed by atoms with van der Waals surface area (Å²) in [5, 5.41) is 3.14. The van der Waals surface area contributed by atoms with Gasteiger partial charge in [0.25, 0.3) is 10.2 Å². The molecule has 2 atom stereocenters. The first-order valence-corrected chi connectivity index (χ1v) is 11.3. The third kappa shape index (κ3) is 4.67. The van der Waals surface area contributed by atoms with Gasteiger partial charge in [-0.15, -0.1) is 0 Å². The van der Waals surface area contributed by atoms with Crippen molar-refractivity contribution in [1.29, 1.82) is 0 Å². The van der Waals surface area contributed by atoms with Gasteiger partial charge in [-0.05, 0) is 38.8 Å². The lowest BCUT2D eigenvalue weighted by Crippen LogP contribution is -2.50. The highest BCUT2D eigenvalue weighted by Crippen LogP contribution is 2.41. The number of benzene rings is 1. The van der Waals surface area contributed by atoms with Crippen LogP contribution < -0.4 is 14.8 Å². The first-order valence-electron chi connectivity index (χ1n) is 9.88. The Bertz CT molecular complexity index is 869. The SMILES string of the molecule is COc1ccc2c(c1)OC(C)(C)C[C@H]2NC(=O)[C@H]1CCCN(S(=O)(=O)N(C)C)C1. The van der Waals surface area contributed by atoms with Crippen molar-refractivity contribution in [3.8, 4) is 11.5 Å². The van der Waals surface area contributed by atoms with E-state index in [0.29, 0.717) is 37.3 Å². The largest absolute Gasteiger partial charge is 0.497 e. The summed E-state index contributed by atoms with van der Waals surface area (Å²) in [4.78, 5) is 13.0. The van der Waals surface area contributed by atoms with Crippen molar-refractivity contribution < 1.29 is 22.7 Å². The van der Waals surface area contributed by atoms with Gasteiger partial charge >= 0.3 is 0 Å². The number of ether oxygens (including phenoxy) is 2. The van der Waals surface area contributed by atoms with Crippen LogP contribution in [0, 0.1) is 5.92 Å². The van der Waals surface area contributed by atoms with Crippen molar-refractivity contribution in [3.63, 3.8) is 0 Å². The second-order valence-electron chi connectivity index (χ2n) is 8.52. The number of amides is 1. The average Bonchev–Trinajstić information content (AvgIpc) is 2.66. The molecule has 1 aromatic carbocycles. The third-order valence-corrected chi connectivity index (χ3v) is 7.44. The van der Waals surface area contributed by atoms with Crippen molar-refractivity contribution in [1.82, 2.24) is 13.9 Å². The number of hydrogen-bond donors (Lipinski definition) is 1. The molecule has 8 nitrogen and oxygen atoms in total. The summed E-state index contributed by atoms with van der Waals surface area (Å²) in [5.74, 6) is 0.911. The fraction of sp³-hybridized carbons (Fsp3) is 0.650. The number of carbonyl (C=O) groups excluding carboxylic acids is 1. The number of hydrogen-bond acceptors (Lipinski definition) is 5. The molecule has 0 spiro atoms. The highest BCUT2D eigenvalue weighted by molar-refractivity contribution is 7.86. The van der Waals surface area contributed by atoms with Gasteiger partial charge in [0.2, 0.25) is 5.91 Å². The summed E-state index contributed by atoms with van der Waals surface area (Å²) in [5.41, 5.74) is 0.469. The minimum atomic E-state index is -3.52. The number of fused-ring (bicyclic) bond motifs is 1. The zero-order chi connectivity index (χ0) is 21.4. The molecule has 2 aliphatic rings. The predicted molar refractivity (Wildman–Crippen MR) is 110 cm³/mol. The smallest absolute Gasteiger partial charge is 0.281 e. The lowest BCUT2D eigenvalue weighted by Gasteiger charge is -2.39. The van der Waals surface area contributed by atoms with Crippen LogP contribution in [0.3, 0.4) is 0 Å². The molecule has 1 N–H and O–H groups in total. The van der Waals surface area contributed by atoms with Gasteiger partial charge in [0.15, 0.2) is 0 Å². The molecule has 0 bridgehead atoms. The highest BCUT2D eigenvalue weighted by atomic mass is 32.2. The van der Waals surface area contributed by atoms with E-state index < -0.39 is 15.8 Å². The Morgan fingerprint density at radius 3 is 2.72 bits per heavy atom. The summed E-state index contributed by atoms with van der Waals surface area (Å²) >= 11 is 0. The number of rotatable bonds is 5. The van der Waals surface area contributed by atoms with E-state index in [1.54, 1.807) is 7.11 Å². The molecule has 1 aromatic rings. The van der Waals surface area contributed by atoms with Crippen molar-refractivity contribution in [3.05, 3.63) is 23.8 Å². The summed E-state index contributed by atoms with van der Waals surface area (Å²) in [6.45, 7) is 4.62. The maximum Gasteiger partial charge on any atom is 0.281 e. The van der Waals surface area contributed by atoms with Gasteiger partial charge in [0.05, 0.1) is 19.1 Å². The Morgan fingerprint density at radius 2 is 2.07 bits per heavy atom. The topological polar surface area (TPSA) is 88.2 Å². The molecular weight excluding hydrogens is 394 g/mol. The zero-order valence-electron chi connectivity index (χ0n) is 17.8. The molecule has 2 heterocycles. The van der Waals surface area contributed by atoms with Crippen molar-refractivity contribution in [2.75, 3.05) is 34.3 Å². The number of nitrogens with one attached hydrogen (secondary N) is 1. The molecular formula is C20H31N3O5S. The molecule has 0 aromatic heterocycles. The lowest BCUT2D eigenvalue weighted by molar-refractivity contribution is -0.127. The molecule has 0 saturated carbocycles. The first kappa shape index (κ1) is 21.9. The molecule has 1 amide bonds. The number of piperidine rings is 1. The van der Waals surface area contributed by atoms with E-state index in [0.717, 1.165) is 5.56 Å². The standard InChI is InChI=1S/C20H31N3O5S/c1-20(2)12-17(16-9-8-15(27-5)11-18(16)28-20)21-19(24)14-7-6-10-23(13-14)29(25,26)22(3)4/h8-9,11,14,17H,6-7,10,12-13H2,1-5H3,(H,21,24)/t14-,17+/m0/s1. The summed E-state index contributed by atoms with van der Waals surface area (Å²) in [6, 6.07) is 5.40. The highest BCUT2D eigenvalue weighted by Gasteiger charge is 2.38. The Morgan fingerprint density at radius 1 is 1.34 bits per heavy atom. The minimum absolute atomic E-state index is 0.117. The van der Waals surface area contributed by atoms with Gasteiger partial charge in [-0.3, -0.25) is 4.79 Å². The van der Waals surface area contributed by atoms with E-state index >= 15 is 0 Å². The maximum absolute atomic E-state index is 13.0. The molecule has 1 fully saturated rings. The van der Waals surface area contributed by atoms with Crippen LogP contribution in [0.15, 0.2) is 18.2 Å². The summed E-state index contributed by atoms with van der Waals surface area (Å²) in [7, 11) is 1.10. The molecule has 1 saturated heterocycles. The third-order valence-electron chi connectivity index (χ3n) is 5.54. The van der Waals surface area contributed by atoms with Gasteiger partial charge in [-0.2, -0.15) is 17.0 Å². The number of methoxy groups -OCH3 is 1. The zero-order valence-corrected chi connectivity index (χ0v) is 18.6. The van der Waals surface area contributed by atoms with Crippen molar-refractivity contribution in [2.24, 2.45) is 5.92 Å². The van der Waals surface area contributed by atoms with Crippen molar-refractivity contribution >= 4 is 16.1 Å². The van der Waals surface area contributed by atoms with Crippen LogP contribution in [0.2, 0.25) is 0 Å². The first-order chi connectivity index (χ1) is 13.5. The quantitative estimate of drug-likeness (QED) is 0.779.